The Morgan fingerprint density at radius 1 is 1.20 bits per heavy atom. The van der Waals surface area contributed by atoms with Crippen molar-refractivity contribution in [2.24, 2.45) is 5.73 Å². The minimum absolute atomic E-state index is 0.105. The maximum absolute atomic E-state index is 6.21. The molecule has 0 amide bonds. The van der Waals surface area contributed by atoms with Crippen molar-refractivity contribution >= 4 is 27.3 Å². The Morgan fingerprint density at radius 2 is 1.85 bits per heavy atom. The van der Waals surface area contributed by atoms with Crippen LogP contribution >= 0.6 is 27.3 Å². The van der Waals surface area contributed by atoms with Crippen LogP contribution in [-0.4, -0.2) is 18.0 Å². The molecule has 0 saturated heterocycles. The van der Waals surface area contributed by atoms with Crippen molar-refractivity contribution in [1.29, 1.82) is 0 Å². The van der Waals surface area contributed by atoms with Crippen LogP contribution in [0.25, 0.3) is 0 Å². The standard InChI is InChI=1S/C16H21BrN2S/c1-11-4-9-15(20-11)16(12(2)18)19(3)10-13-5-7-14(17)8-6-13/h4-9,12,16H,10,18H2,1-3H3. The molecule has 0 fully saturated rings. The first-order chi connectivity index (χ1) is 9.47. The molecule has 0 bridgehead atoms. The molecule has 2 unspecified atom stereocenters. The molecule has 0 radical (unpaired) electrons. The Labute approximate surface area is 133 Å². The Morgan fingerprint density at radius 3 is 2.35 bits per heavy atom. The molecule has 0 spiro atoms. The van der Waals surface area contributed by atoms with Crippen molar-refractivity contribution in [3.05, 3.63) is 56.2 Å². The van der Waals surface area contributed by atoms with Crippen LogP contribution in [0.3, 0.4) is 0 Å². The van der Waals surface area contributed by atoms with Gasteiger partial charge in [-0.15, -0.1) is 11.3 Å². The molecule has 2 atom stereocenters. The molecule has 4 heteroatoms. The maximum Gasteiger partial charge on any atom is 0.0591 e. The zero-order valence-corrected chi connectivity index (χ0v) is 14.5. The van der Waals surface area contributed by atoms with Gasteiger partial charge in [0.25, 0.3) is 0 Å². The van der Waals surface area contributed by atoms with Gasteiger partial charge in [0.1, 0.15) is 0 Å². The molecule has 1 aromatic heterocycles. The number of hydrogen-bond donors (Lipinski definition) is 1. The summed E-state index contributed by atoms with van der Waals surface area (Å²) in [5, 5.41) is 0. The summed E-state index contributed by atoms with van der Waals surface area (Å²) in [6.45, 7) is 5.12. The number of benzene rings is 1. The predicted molar refractivity (Wildman–Crippen MR) is 91.1 cm³/mol. The van der Waals surface area contributed by atoms with Gasteiger partial charge in [0.05, 0.1) is 6.04 Å². The summed E-state index contributed by atoms with van der Waals surface area (Å²) >= 11 is 5.31. The van der Waals surface area contributed by atoms with Crippen LogP contribution in [0.2, 0.25) is 0 Å². The minimum atomic E-state index is 0.105. The average molecular weight is 353 g/mol. The van der Waals surface area contributed by atoms with E-state index < -0.39 is 0 Å². The van der Waals surface area contributed by atoms with Crippen LogP contribution in [0.1, 0.15) is 28.3 Å². The highest BCUT2D eigenvalue weighted by atomic mass is 79.9. The highest BCUT2D eigenvalue weighted by molar-refractivity contribution is 9.10. The minimum Gasteiger partial charge on any atom is -0.326 e. The summed E-state index contributed by atoms with van der Waals surface area (Å²) in [4.78, 5) is 5.01. The van der Waals surface area contributed by atoms with Gasteiger partial charge >= 0.3 is 0 Å². The average Bonchev–Trinajstić information content (AvgIpc) is 2.78. The first-order valence-electron chi connectivity index (χ1n) is 6.74. The van der Waals surface area contributed by atoms with Crippen LogP contribution in [0.4, 0.5) is 0 Å². The second-order valence-corrected chi connectivity index (χ2v) is 7.53. The van der Waals surface area contributed by atoms with Gasteiger partial charge in [-0.3, -0.25) is 4.90 Å². The van der Waals surface area contributed by atoms with Gasteiger partial charge in [-0.2, -0.15) is 0 Å². The number of rotatable bonds is 5. The Kier molecular flexibility index (Phi) is 5.38. The fourth-order valence-electron chi connectivity index (χ4n) is 2.47. The lowest BCUT2D eigenvalue weighted by Crippen LogP contribution is -2.36. The largest absolute Gasteiger partial charge is 0.326 e. The van der Waals surface area contributed by atoms with Gasteiger partial charge in [0.15, 0.2) is 0 Å². The summed E-state index contributed by atoms with van der Waals surface area (Å²) in [6, 6.07) is 13.2. The molecule has 20 heavy (non-hydrogen) atoms. The summed E-state index contributed by atoms with van der Waals surface area (Å²) in [5.41, 5.74) is 7.51. The third-order valence-corrected chi connectivity index (χ3v) is 4.97. The van der Waals surface area contributed by atoms with Crippen LogP contribution < -0.4 is 5.73 Å². The first kappa shape index (κ1) is 15.7. The van der Waals surface area contributed by atoms with E-state index in [2.05, 4.69) is 78.1 Å². The predicted octanol–water partition coefficient (Wildman–Crippen LogP) is 4.34. The molecule has 2 N–H and O–H groups in total. The van der Waals surface area contributed by atoms with Gasteiger partial charge < -0.3 is 5.73 Å². The summed E-state index contributed by atoms with van der Waals surface area (Å²) in [5.74, 6) is 0. The lowest BCUT2D eigenvalue weighted by molar-refractivity contribution is 0.214. The van der Waals surface area contributed by atoms with E-state index >= 15 is 0 Å². The lowest BCUT2D eigenvalue weighted by Gasteiger charge is -2.30. The highest BCUT2D eigenvalue weighted by Crippen LogP contribution is 2.29. The summed E-state index contributed by atoms with van der Waals surface area (Å²) in [6.07, 6.45) is 0. The molecule has 2 aromatic rings. The van der Waals surface area contributed by atoms with Crippen LogP contribution in [0.15, 0.2) is 40.9 Å². The number of thiophene rings is 1. The number of halogens is 1. The fraction of sp³-hybridized carbons (Fsp3) is 0.375. The summed E-state index contributed by atoms with van der Waals surface area (Å²) in [7, 11) is 2.14. The molecule has 1 heterocycles. The molecular formula is C16H21BrN2S. The van der Waals surface area contributed by atoms with Crippen molar-refractivity contribution in [2.45, 2.75) is 32.5 Å². The third-order valence-electron chi connectivity index (χ3n) is 3.37. The topological polar surface area (TPSA) is 29.3 Å². The molecule has 2 rings (SSSR count). The monoisotopic (exact) mass is 352 g/mol. The van der Waals surface area contributed by atoms with Gasteiger partial charge in [-0.1, -0.05) is 28.1 Å². The van der Waals surface area contributed by atoms with E-state index in [1.807, 2.05) is 11.3 Å². The SMILES string of the molecule is Cc1ccc(C(C(C)N)N(C)Cc2ccc(Br)cc2)s1. The van der Waals surface area contributed by atoms with Crippen molar-refractivity contribution in [2.75, 3.05) is 7.05 Å². The quantitative estimate of drug-likeness (QED) is 0.866. The van der Waals surface area contributed by atoms with Crippen LogP contribution in [0, 0.1) is 6.92 Å². The van der Waals surface area contributed by atoms with E-state index in [9.17, 15) is 0 Å². The zero-order chi connectivity index (χ0) is 14.7. The summed E-state index contributed by atoms with van der Waals surface area (Å²) < 4.78 is 1.11. The normalized spacial score (nSPS) is 14.5. The van der Waals surface area contributed by atoms with E-state index in [4.69, 9.17) is 5.73 Å². The smallest absolute Gasteiger partial charge is 0.0591 e. The Balaban J connectivity index is 2.15. The Hall–Kier alpha value is -0.680. The first-order valence-corrected chi connectivity index (χ1v) is 8.35. The van der Waals surface area contributed by atoms with Gasteiger partial charge in [-0.25, -0.2) is 0 Å². The van der Waals surface area contributed by atoms with Gasteiger partial charge in [0, 0.05) is 26.8 Å². The fourth-order valence-corrected chi connectivity index (χ4v) is 3.89. The van der Waals surface area contributed by atoms with E-state index in [-0.39, 0.29) is 12.1 Å². The number of aryl methyl sites for hydroxylation is 1. The molecule has 0 aliphatic carbocycles. The molecule has 0 aliphatic heterocycles. The Bertz CT molecular complexity index is 548. The molecule has 1 aromatic carbocycles. The van der Waals surface area contributed by atoms with Crippen molar-refractivity contribution in [3.8, 4) is 0 Å². The third kappa shape index (κ3) is 3.92. The molecule has 0 aliphatic rings. The van der Waals surface area contributed by atoms with E-state index in [0.29, 0.717) is 0 Å². The molecule has 0 saturated carbocycles. The van der Waals surface area contributed by atoms with Crippen LogP contribution in [0.5, 0.6) is 0 Å². The van der Waals surface area contributed by atoms with Gasteiger partial charge in [-0.05, 0) is 50.7 Å². The highest BCUT2D eigenvalue weighted by Gasteiger charge is 2.22. The van der Waals surface area contributed by atoms with Crippen molar-refractivity contribution in [3.63, 3.8) is 0 Å². The molecular weight excluding hydrogens is 332 g/mol. The molecule has 2 nitrogen and oxygen atoms in total. The number of hydrogen-bond acceptors (Lipinski definition) is 3. The second-order valence-electron chi connectivity index (χ2n) is 5.29. The second kappa shape index (κ2) is 6.85. The van der Waals surface area contributed by atoms with Crippen molar-refractivity contribution < 1.29 is 0 Å². The van der Waals surface area contributed by atoms with E-state index in [0.717, 1.165) is 11.0 Å². The number of nitrogens with zero attached hydrogens (tertiary/aromatic N) is 1. The van der Waals surface area contributed by atoms with Crippen molar-refractivity contribution in [1.82, 2.24) is 4.90 Å². The maximum atomic E-state index is 6.21. The number of nitrogens with two attached hydrogens (primary N) is 1. The number of likely N-dealkylation sites (N-methyl/N-ethyl adjacent to an activating group) is 1. The van der Waals surface area contributed by atoms with Crippen LogP contribution in [-0.2, 0) is 6.54 Å². The zero-order valence-electron chi connectivity index (χ0n) is 12.1. The lowest BCUT2D eigenvalue weighted by atomic mass is 10.1. The van der Waals surface area contributed by atoms with E-state index in [1.54, 1.807) is 0 Å². The molecule has 108 valence electrons. The van der Waals surface area contributed by atoms with Gasteiger partial charge in [0.2, 0.25) is 0 Å². The van der Waals surface area contributed by atoms with E-state index in [1.165, 1.54) is 15.3 Å².